The quantitative estimate of drug-likeness (QED) is 0.876. The predicted octanol–water partition coefficient (Wildman–Crippen LogP) is 4.20. The van der Waals surface area contributed by atoms with Crippen LogP contribution in [0.15, 0.2) is 42.5 Å². The maximum Gasteiger partial charge on any atom is 0.265 e. The number of thiophene rings is 1. The van der Waals surface area contributed by atoms with Crippen LogP contribution in [0.1, 0.15) is 28.4 Å². The van der Waals surface area contributed by atoms with Crippen LogP contribution < -0.4 is 5.32 Å². The molecule has 0 saturated carbocycles. The van der Waals surface area contributed by atoms with E-state index >= 15 is 0 Å². The van der Waals surface area contributed by atoms with Gasteiger partial charge in [-0.25, -0.2) is 0 Å². The van der Waals surface area contributed by atoms with Crippen LogP contribution in [0, 0.1) is 5.92 Å². The van der Waals surface area contributed by atoms with Crippen molar-refractivity contribution in [2.24, 2.45) is 5.92 Å². The smallest absolute Gasteiger partial charge is 0.265 e. The van der Waals surface area contributed by atoms with Gasteiger partial charge in [0, 0.05) is 10.6 Å². The Labute approximate surface area is 112 Å². The molecule has 0 spiro atoms. The molecule has 1 amide bonds. The van der Waals surface area contributed by atoms with Crippen molar-refractivity contribution in [2.75, 3.05) is 5.32 Å². The fraction of sp³-hybridized carbons (Fsp3) is 0.267. The van der Waals surface area contributed by atoms with Crippen LogP contribution in [0.5, 0.6) is 0 Å². The lowest BCUT2D eigenvalue weighted by molar-refractivity contribution is 0.103. The Kier molecular flexibility index (Phi) is 4.15. The highest BCUT2D eigenvalue weighted by molar-refractivity contribution is 7.14. The molecule has 0 atom stereocenters. The van der Waals surface area contributed by atoms with Crippen LogP contribution in [0.4, 0.5) is 5.69 Å². The van der Waals surface area contributed by atoms with Gasteiger partial charge < -0.3 is 5.32 Å². The summed E-state index contributed by atoms with van der Waals surface area (Å²) < 4.78 is 0. The zero-order valence-corrected chi connectivity index (χ0v) is 11.5. The van der Waals surface area contributed by atoms with E-state index in [1.807, 2.05) is 42.5 Å². The molecule has 1 aromatic heterocycles. The third-order valence-corrected chi connectivity index (χ3v) is 3.63. The topological polar surface area (TPSA) is 29.1 Å². The molecule has 1 aromatic carbocycles. The van der Waals surface area contributed by atoms with Gasteiger partial charge in [-0.15, -0.1) is 11.3 Å². The van der Waals surface area contributed by atoms with Gasteiger partial charge in [-0.05, 0) is 36.6 Å². The summed E-state index contributed by atoms with van der Waals surface area (Å²) >= 11 is 1.58. The second-order valence-electron chi connectivity index (χ2n) is 4.68. The summed E-state index contributed by atoms with van der Waals surface area (Å²) in [7, 11) is 0. The highest BCUT2D eigenvalue weighted by atomic mass is 32.1. The van der Waals surface area contributed by atoms with E-state index in [0.29, 0.717) is 5.92 Å². The molecule has 0 aliphatic rings. The van der Waals surface area contributed by atoms with Crippen molar-refractivity contribution < 1.29 is 4.79 Å². The monoisotopic (exact) mass is 259 g/mol. The maximum atomic E-state index is 12.0. The molecule has 0 fully saturated rings. The van der Waals surface area contributed by atoms with E-state index in [4.69, 9.17) is 0 Å². The van der Waals surface area contributed by atoms with Crippen LogP contribution in [0.25, 0.3) is 0 Å². The van der Waals surface area contributed by atoms with Crippen LogP contribution in [-0.2, 0) is 6.42 Å². The second-order valence-corrected chi connectivity index (χ2v) is 5.85. The van der Waals surface area contributed by atoms with E-state index in [0.717, 1.165) is 17.0 Å². The summed E-state index contributed by atoms with van der Waals surface area (Å²) in [6.07, 6.45) is 1.03. The first-order valence-electron chi connectivity index (χ1n) is 6.10. The SMILES string of the molecule is CC(C)Cc1ccc(C(=O)Nc2ccccc2)s1. The third kappa shape index (κ3) is 3.44. The zero-order valence-electron chi connectivity index (χ0n) is 10.6. The number of rotatable bonds is 4. The van der Waals surface area contributed by atoms with E-state index in [2.05, 4.69) is 19.2 Å². The Balaban J connectivity index is 2.03. The molecule has 2 rings (SSSR count). The van der Waals surface area contributed by atoms with Crippen LogP contribution in [0.2, 0.25) is 0 Å². The molecule has 3 heteroatoms. The van der Waals surface area contributed by atoms with Gasteiger partial charge in [0.25, 0.3) is 5.91 Å². The normalized spacial score (nSPS) is 10.6. The molecule has 94 valence electrons. The predicted molar refractivity (Wildman–Crippen MR) is 77.3 cm³/mol. The van der Waals surface area contributed by atoms with E-state index < -0.39 is 0 Å². The van der Waals surface area contributed by atoms with Gasteiger partial charge >= 0.3 is 0 Å². The van der Waals surface area contributed by atoms with Crippen LogP contribution >= 0.6 is 11.3 Å². The van der Waals surface area contributed by atoms with Gasteiger partial charge in [0.2, 0.25) is 0 Å². The van der Waals surface area contributed by atoms with E-state index in [1.165, 1.54) is 4.88 Å². The molecule has 0 unspecified atom stereocenters. The van der Waals surface area contributed by atoms with Crippen molar-refractivity contribution in [1.29, 1.82) is 0 Å². The second kappa shape index (κ2) is 5.83. The first-order valence-corrected chi connectivity index (χ1v) is 6.92. The van der Waals surface area contributed by atoms with Crippen molar-refractivity contribution >= 4 is 22.9 Å². The van der Waals surface area contributed by atoms with Crippen molar-refractivity contribution in [2.45, 2.75) is 20.3 Å². The minimum Gasteiger partial charge on any atom is -0.321 e. The molecule has 1 N–H and O–H groups in total. The van der Waals surface area contributed by atoms with Gasteiger partial charge in [0.05, 0.1) is 4.88 Å². The van der Waals surface area contributed by atoms with Crippen LogP contribution in [0.3, 0.4) is 0 Å². The lowest BCUT2D eigenvalue weighted by Crippen LogP contribution is -2.09. The van der Waals surface area contributed by atoms with E-state index in [1.54, 1.807) is 11.3 Å². The average Bonchev–Trinajstić information content (AvgIpc) is 2.78. The Morgan fingerprint density at radius 2 is 1.89 bits per heavy atom. The van der Waals surface area contributed by atoms with Gasteiger partial charge in [-0.1, -0.05) is 32.0 Å². The van der Waals surface area contributed by atoms with Gasteiger partial charge in [-0.3, -0.25) is 4.79 Å². The molecule has 2 nitrogen and oxygen atoms in total. The summed E-state index contributed by atoms with van der Waals surface area (Å²) in [4.78, 5) is 14.1. The van der Waals surface area contributed by atoms with Crippen molar-refractivity contribution in [3.05, 3.63) is 52.2 Å². The summed E-state index contributed by atoms with van der Waals surface area (Å²) in [5, 5.41) is 2.90. The number of carbonyl (C=O) groups is 1. The highest BCUT2D eigenvalue weighted by Crippen LogP contribution is 2.21. The molecular formula is C15H17NOS. The third-order valence-electron chi connectivity index (χ3n) is 2.53. The molecular weight excluding hydrogens is 242 g/mol. The molecule has 18 heavy (non-hydrogen) atoms. The number of para-hydroxylation sites is 1. The minimum atomic E-state index is -0.0267. The van der Waals surface area contributed by atoms with E-state index in [-0.39, 0.29) is 5.91 Å². The fourth-order valence-electron chi connectivity index (χ4n) is 1.73. The highest BCUT2D eigenvalue weighted by Gasteiger charge is 2.10. The largest absolute Gasteiger partial charge is 0.321 e. The van der Waals surface area contributed by atoms with Crippen molar-refractivity contribution in [3.63, 3.8) is 0 Å². The first kappa shape index (κ1) is 12.8. The number of carbonyl (C=O) groups excluding carboxylic acids is 1. The minimum absolute atomic E-state index is 0.0267. The summed E-state index contributed by atoms with van der Waals surface area (Å²) in [6.45, 7) is 4.37. The molecule has 0 aliphatic heterocycles. The van der Waals surface area contributed by atoms with Crippen LogP contribution in [-0.4, -0.2) is 5.91 Å². The number of benzene rings is 1. The summed E-state index contributed by atoms with van der Waals surface area (Å²) in [6, 6.07) is 13.5. The fourth-order valence-corrected chi connectivity index (χ4v) is 2.84. The lowest BCUT2D eigenvalue weighted by atomic mass is 10.1. The number of nitrogens with one attached hydrogen (secondary N) is 1. The Morgan fingerprint density at radius 1 is 1.17 bits per heavy atom. The molecule has 2 aromatic rings. The number of hydrogen-bond donors (Lipinski definition) is 1. The standard InChI is InChI=1S/C15H17NOS/c1-11(2)10-13-8-9-14(18-13)15(17)16-12-6-4-3-5-7-12/h3-9,11H,10H2,1-2H3,(H,16,17). The Bertz CT molecular complexity index is 516. The maximum absolute atomic E-state index is 12.0. The number of hydrogen-bond acceptors (Lipinski definition) is 2. The molecule has 1 heterocycles. The number of amides is 1. The van der Waals surface area contributed by atoms with Crippen molar-refractivity contribution in [3.8, 4) is 0 Å². The van der Waals surface area contributed by atoms with Gasteiger partial charge in [-0.2, -0.15) is 0 Å². The van der Waals surface area contributed by atoms with E-state index in [9.17, 15) is 4.79 Å². The lowest BCUT2D eigenvalue weighted by Gasteiger charge is -2.02. The first-order chi connectivity index (χ1) is 8.65. The summed E-state index contributed by atoms with van der Waals surface area (Å²) in [5.74, 6) is 0.592. The summed E-state index contributed by atoms with van der Waals surface area (Å²) in [5.41, 5.74) is 0.835. The number of anilines is 1. The molecule has 0 saturated heterocycles. The molecule has 0 aliphatic carbocycles. The molecule has 0 radical (unpaired) electrons. The van der Waals surface area contributed by atoms with Crippen molar-refractivity contribution in [1.82, 2.24) is 0 Å². The average molecular weight is 259 g/mol. The Morgan fingerprint density at radius 3 is 2.56 bits per heavy atom. The Hall–Kier alpha value is -1.61. The zero-order chi connectivity index (χ0) is 13.0. The van der Waals surface area contributed by atoms with Gasteiger partial charge in [0.15, 0.2) is 0 Å². The molecule has 0 bridgehead atoms. The van der Waals surface area contributed by atoms with Gasteiger partial charge in [0.1, 0.15) is 0 Å².